The fraction of sp³-hybridized carbons (Fsp3) is 0.562. The number of hydrogen-bond acceptors (Lipinski definition) is 2. The van der Waals surface area contributed by atoms with Crippen LogP contribution >= 0.6 is 11.6 Å². The molecule has 0 aliphatic carbocycles. The minimum absolute atomic E-state index is 0.0215. The first-order valence-corrected chi connectivity index (χ1v) is 7.35. The van der Waals surface area contributed by atoms with Crippen LogP contribution in [0.4, 0.5) is 0 Å². The van der Waals surface area contributed by atoms with Crippen LogP contribution in [0, 0.1) is 11.8 Å². The monoisotopic (exact) mass is 297 g/mol. The Morgan fingerprint density at radius 1 is 1.20 bits per heavy atom. The van der Waals surface area contributed by atoms with Crippen molar-refractivity contribution in [1.29, 1.82) is 0 Å². The van der Waals surface area contributed by atoms with Crippen molar-refractivity contribution >= 4 is 17.5 Å². The zero-order valence-corrected chi connectivity index (χ0v) is 13.7. The SMILES string of the molecule is COc1ccc(Cl)cc1C(=O)N(CC(C)C)CC(C)C. The number of amides is 1. The van der Waals surface area contributed by atoms with Crippen molar-refractivity contribution in [1.82, 2.24) is 4.90 Å². The molecule has 0 heterocycles. The molecule has 0 radical (unpaired) electrons. The molecule has 20 heavy (non-hydrogen) atoms. The van der Waals surface area contributed by atoms with E-state index in [1.165, 1.54) is 0 Å². The predicted octanol–water partition coefficient (Wildman–Crippen LogP) is 4.10. The van der Waals surface area contributed by atoms with Crippen molar-refractivity contribution in [3.8, 4) is 5.75 Å². The highest BCUT2D eigenvalue weighted by molar-refractivity contribution is 6.31. The van der Waals surface area contributed by atoms with Crippen molar-refractivity contribution in [2.45, 2.75) is 27.7 Å². The average molecular weight is 298 g/mol. The summed E-state index contributed by atoms with van der Waals surface area (Å²) in [4.78, 5) is 14.6. The number of ether oxygens (including phenoxy) is 1. The molecule has 0 aliphatic rings. The van der Waals surface area contributed by atoms with Gasteiger partial charge in [-0.25, -0.2) is 0 Å². The maximum absolute atomic E-state index is 12.7. The van der Waals surface area contributed by atoms with Gasteiger partial charge >= 0.3 is 0 Å². The van der Waals surface area contributed by atoms with Crippen molar-refractivity contribution in [3.63, 3.8) is 0 Å². The van der Waals surface area contributed by atoms with Crippen LogP contribution in [0.25, 0.3) is 0 Å². The Kier molecular flexibility index (Phi) is 6.34. The molecule has 0 atom stereocenters. The number of carbonyl (C=O) groups is 1. The Morgan fingerprint density at radius 3 is 2.20 bits per heavy atom. The van der Waals surface area contributed by atoms with Gasteiger partial charge in [0.15, 0.2) is 0 Å². The van der Waals surface area contributed by atoms with Gasteiger partial charge in [-0.1, -0.05) is 39.3 Å². The van der Waals surface area contributed by atoms with Crippen molar-refractivity contribution in [3.05, 3.63) is 28.8 Å². The van der Waals surface area contributed by atoms with Crippen molar-refractivity contribution < 1.29 is 9.53 Å². The lowest BCUT2D eigenvalue weighted by Crippen LogP contribution is -2.37. The van der Waals surface area contributed by atoms with Crippen LogP contribution in [0.5, 0.6) is 5.75 Å². The number of carbonyl (C=O) groups excluding carboxylic acids is 1. The van der Waals surface area contributed by atoms with E-state index in [1.54, 1.807) is 25.3 Å². The normalized spacial score (nSPS) is 11.0. The van der Waals surface area contributed by atoms with E-state index >= 15 is 0 Å². The minimum atomic E-state index is -0.0215. The standard InChI is InChI=1S/C16H24ClNO2/c1-11(2)9-18(10-12(3)4)16(19)14-8-13(17)6-7-15(14)20-5/h6-8,11-12H,9-10H2,1-5H3. The number of benzene rings is 1. The molecular formula is C16H24ClNO2. The molecule has 1 aromatic rings. The highest BCUT2D eigenvalue weighted by Gasteiger charge is 2.21. The van der Waals surface area contributed by atoms with E-state index in [4.69, 9.17) is 16.3 Å². The van der Waals surface area contributed by atoms with Gasteiger partial charge in [0, 0.05) is 18.1 Å². The van der Waals surface area contributed by atoms with Gasteiger partial charge in [-0.2, -0.15) is 0 Å². The Hall–Kier alpha value is -1.22. The fourth-order valence-corrected chi connectivity index (χ4v) is 2.31. The zero-order valence-electron chi connectivity index (χ0n) is 12.9. The quantitative estimate of drug-likeness (QED) is 0.791. The molecule has 0 spiro atoms. The van der Waals surface area contributed by atoms with E-state index in [2.05, 4.69) is 27.7 Å². The second-order valence-electron chi connectivity index (χ2n) is 5.84. The first kappa shape index (κ1) is 16.8. The van der Waals surface area contributed by atoms with Crippen LogP contribution in [0.15, 0.2) is 18.2 Å². The summed E-state index contributed by atoms with van der Waals surface area (Å²) >= 11 is 6.01. The molecule has 112 valence electrons. The molecule has 1 aromatic carbocycles. The highest BCUT2D eigenvalue weighted by Crippen LogP contribution is 2.24. The predicted molar refractivity (Wildman–Crippen MR) is 83.6 cm³/mol. The second-order valence-corrected chi connectivity index (χ2v) is 6.28. The smallest absolute Gasteiger partial charge is 0.257 e. The molecule has 0 unspecified atom stereocenters. The number of hydrogen-bond donors (Lipinski definition) is 0. The lowest BCUT2D eigenvalue weighted by molar-refractivity contribution is 0.0711. The number of halogens is 1. The molecule has 0 aliphatic heterocycles. The van der Waals surface area contributed by atoms with Crippen LogP contribution < -0.4 is 4.74 Å². The summed E-state index contributed by atoms with van der Waals surface area (Å²) in [6.07, 6.45) is 0. The van der Waals surface area contributed by atoms with Crippen LogP contribution in [0.1, 0.15) is 38.1 Å². The van der Waals surface area contributed by atoms with E-state index in [-0.39, 0.29) is 5.91 Å². The number of methoxy groups -OCH3 is 1. The van der Waals surface area contributed by atoms with Gasteiger partial charge in [0.05, 0.1) is 12.7 Å². The van der Waals surface area contributed by atoms with Gasteiger partial charge in [0.25, 0.3) is 5.91 Å². The summed E-state index contributed by atoms with van der Waals surface area (Å²) in [5.74, 6) is 1.38. The van der Waals surface area contributed by atoms with E-state index in [0.717, 1.165) is 13.1 Å². The maximum Gasteiger partial charge on any atom is 0.257 e. The first-order chi connectivity index (χ1) is 9.35. The average Bonchev–Trinajstić information content (AvgIpc) is 2.36. The summed E-state index contributed by atoms with van der Waals surface area (Å²) < 4.78 is 5.28. The highest BCUT2D eigenvalue weighted by atomic mass is 35.5. The summed E-state index contributed by atoms with van der Waals surface area (Å²) in [7, 11) is 1.56. The summed E-state index contributed by atoms with van der Waals surface area (Å²) in [6.45, 7) is 9.89. The second kappa shape index (κ2) is 7.53. The zero-order chi connectivity index (χ0) is 15.3. The summed E-state index contributed by atoms with van der Waals surface area (Å²) in [5.41, 5.74) is 0.529. The van der Waals surface area contributed by atoms with Gasteiger partial charge in [-0.15, -0.1) is 0 Å². The molecule has 4 heteroatoms. The number of rotatable bonds is 6. The minimum Gasteiger partial charge on any atom is -0.496 e. The Labute approximate surface area is 126 Å². The van der Waals surface area contributed by atoms with Crippen LogP contribution in [0.3, 0.4) is 0 Å². The van der Waals surface area contributed by atoms with Gasteiger partial charge in [-0.3, -0.25) is 4.79 Å². The van der Waals surface area contributed by atoms with Crippen LogP contribution in [-0.2, 0) is 0 Å². The molecular weight excluding hydrogens is 274 g/mol. The Morgan fingerprint density at radius 2 is 1.75 bits per heavy atom. The Bertz CT molecular complexity index is 448. The fourth-order valence-electron chi connectivity index (χ4n) is 2.14. The first-order valence-electron chi connectivity index (χ1n) is 6.98. The maximum atomic E-state index is 12.7. The molecule has 0 saturated heterocycles. The molecule has 0 bridgehead atoms. The molecule has 1 rings (SSSR count). The van der Waals surface area contributed by atoms with Crippen molar-refractivity contribution in [2.24, 2.45) is 11.8 Å². The topological polar surface area (TPSA) is 29.5 Å². The third kappa shape index (κ3) is 4.71. The number of nitrogens with zero attached hydrogens (tertiary/aromatic N) is 1. The van der Waals surface area contributed by atoms with E-state index < -0.39 is 0 Å². The van der Waals surface area contributed by atoms with Gasteiger partial charge < -0.3 is 9.64 Å². The van der Waals surface area contributed by atoms with Gasteiger partial charge in [-0.05, 0) is 30.0 Å². The molecule has 0 saturated carbocycles. The lowest BCUT2D eigenvalue weighted by Gasteiger charge is -2.27. The molecule has 3 nitrogen and oxygen atoms in total. The molecule has 1 amide bonds. The molecule has 0 aromatic heterocycles. The van der Waals surface area contributed by atoms with E-state index in [9.17, 15) is 4.79 Å². The van der Waals surface area contributed by atoms with Crippen LogP contribution in [-0.4, -0.2) is 31.0 Å². The summed E-state index contributed by atoms with van der Waals surface area (Å²) in [5, 5.41) is 0.545. The van der Waals surface area contributed by atoms with Crippen molar-refractivity contribution in [2.75, 3.05) is 20.2 Å². The lowest BCUT2D eigenvalue weighted by atomic mass is 10.1. The van der Waals surface area contributed by atoms with Crippen LogP contribution in [0.2, 0.25) is 5.02 Å². The van der Waals surface area contributed by atoms with E-state index in [0.29, 0.717) is 28.2 Å². The molecule has 0 fully saturated rings. The summed E-state index contributed by atoms with van der Waals surface area (Å²) in [6, 6.07) is 5.14. The van der Waals surface area contributed by atoms with E-state index in [1.807, 2.05) is 4.90 Å². The van der Waals surface area contributed by atoms with Gasteiger partial charge in [0.2, 0.25) is 0 Å². The Balaban J connectivity index is 3.07. The molecule has 0 N–H and O–H groups in total. The van der Waals surface area contributed by atoms with Gasteiger partial charge in [0.1, 0.15) is 5.75 Å². The third-order valence-corrected chi connectivity index (χ3v) is 3.09. The largest absolute Gasteiger partial charge is 0.496 e. The third-order valence-electron chi connectivity index (χ3n) is 2.85.